The number of carbonyl (C=O) groups is 1. The molecule has 1 heterocycles. The Labute approximate surface area is 171 Å². The fourth-order valence-corrected chi connectivity index (χ4v) is 3.52. The van der Waals surface area contributed by atoms with Crippen LogP contribution in [0, 0.1) is 10.1 Å². The third-order valence-electron chi connectivity index (χ3n) is 3.83. The number of nitro groups is 1. The number of nitro benzene ring substituents is 1. The van der Waals surface area contributed by atoms with E-state index < -0.39 is 4.92 Å². The highest BCUT2D eigenvalue weighted by atomic mass is 32.2. The Morgan fingerprint density at radius 2 is 1.61 bits per heavy atom. The maximum absolute atomic E-state index is 12.0. The molecule has 1 aliphatic rings. The van der Waals surface area contributed by atoms with E-state index >= 15 is 0 Å². The number of non-ortho nitro benzene ring substituents is 1. The number of nitrogens with zero attached hydrogens (tertiary/aromatic N) is 2. The minimum absolute atomic E-state index is 0.0184. The third-order valence-corrected chi connectivity index (χ3v) is 5.32. The molecule has 1 saturated heterocycles. The van der Waals surface area contributed by atoms with Gasteiger partial charge in [-0.3, -0.25) is 19.8 Å². The SMILES string of the molecule is CN1C(=O)C(=Cc2ccc(OCCOc3ccc([N+](=O)[O-])cc3)cc2)SC1=S. The van der Waals surface area contributed by atoms with Crippen molar-refractivity contribution in [2.24, 2.45) is 0 Å². The molecule has 144 valence electrons. The van der Waals surface area contributed by atoms with Crippen LogP contribution in [-0.4, -0.2) is 40.3 Å². The highest BCUT2D eigenvalue weighted by molar-refractivity contribution is 8.26. The molecule has 2 aromatic rings. The second kappa shape index (κ2) is 8.85. The van der Waals surface area contributed by atoms with Crippen molar-refractivity contribution in [2.75, 3.05) is 20.3 Å². The molecule has 1 aliphatic heterocycles. The fourth-order valence-electron chi connectivity index (χ4n) is 2.34. The standard InChI is InChI=1S/C19H16N2O5S2/c1-20-18(22)17(28-19(20)27)12-13-2-6-15(7-3-13)25-10-11-26-16-8-4-14(5-9-16)21(23)24/h2-9,12H,10-11H2,1H3. The van der Waals surface area contributed by atoms with Crippen LogP contribution >= 0.6 is 24.0 Å². The summed E-state index contributed by atoms with van der Waals surface area (Å²) in [7, 11) is 1.66. The zero-order valence-corrected chi connectivity index (χ0v) is 16.5. The molecule has 0 spiro atoms. The van der Waals surface area contributed by atoms with Crippen molar-refractivity contribution in [3.05, 3.63) is 69.1 Å². The van der Waals surface area contributed by atoms with Crippen molar-refractivity contribution in [1.82, 2.24) is 4.90 Å². The van der Waals surface area contributed by atoms with E-state index in [1.165, 1.54) is 28.8 Å². The molecular formula is C19H16N2O5S2. The van der Waals surface area contributed by atoms with Gasteiger partial charge in [0.2, 0.25) is 0 Å². The van der Waals surface area contributed by atoms with Gasteiger partial charge >= 0.3 is 0 Å². The normalized spacial score (nSPS) is 15.2. The lowest BCUT2D eigenvalue weighted by atomic mass is 10.2. The highest BCUT2D eigenvalue weighted by Crippen LogP contribution is 2.31. The molecule has 1 fully saturated rings. The Morgan fingerprint density at radius 1 is 1.07 bits per heavy atom. The molecule has 28 heavy (non-hydrogen) atoms. The van der Waals surface area contributed by atoms with Crippen LogP contribution in [0.5, 0.6) is 11.5 Å². The number of amides is 1. The molecule has 1 amide bonds. The van der Waals surface area contributed by atoms with E-state index in [4.69, 9.17) is 21.7 Å². The van der Waals surface area contributed by atoms with Crippen LogP contribution in [-0.2, 0) is 4.79 Å². The summed E-state index contributed by atoms with van der Waals surface area (Å²) >= 11 is 6.39. The van der Waals surface area contributed by atoms with Gasteiger partial charge in [-0.05, 0) is 35.9 Å². The Balaban J connectivity index is 1.48. The number of rotatable bonds is 7. The average Bonchev–Trinajstić information content (AvgIpc) is 2.93. The van der Waals surface area contributed by atoms with Crippen molar-refractivity contribution in [1.29, 1.82) is 0 Å². The van der Waals surface area contributed by atoms with Gasteiger partial charge < -0.3 is 9.47 Å². The van der Waals surface area contributed by atoms with E-state index in [1.807, 2.05) is 24.3 Å². The van der Waals surface area contributed by atoms with E-state index in [1.54, 1.807) is 25.3 Å². The quantitative estimate of drug-likeness (QED) is 0.223. The maximum Gasteiger partial charge on any atom is 0.269 e. The molecule has 3 rings (SSSR count). The second-order valence-electron chi connectivity index (χ2n) is 5.76. The van der Waals surface area contributed by atoms with Gasteiger partial charge in [-0.1, -0.05) is 36.1 Å². The number of carbonyl (C=O) groups excluding carboxylic acids is 1. The van der Waals surface area contributed by atoms with E-state index in [9.17, 15) is 14.9 Å². The van der Waals surface area contributed by atoms with E-state index in [0.717, 1.165) is 5.56 Å². The minimum Gasteiger partial charge on any atom is -0.490 e. The number of hydrogen-bond acceptors (Lipinski definition) is 7. The molecule has 0 N–H and O–H groups in total. The first-order valence-corrected chi connectivity index (χ1v) is 9.48. The first kappa shape index (κ1) is 19.8. The predicted molar refractivity (Wildman–Crippen MR) is 111 cm³/mol. The van der Waals surface area contributed by atoms with Gasteiger partial charge in [-0.2, -0.15) is 0 Å². The summed E-state index contributed by atoms with van der Waals surface area (Å²) in [5.74, 6) is 1.11. The van der Waals surface area contributed by atoms with Gasteiger partial charge in [0.1, 0.15) is 29.0 Å². The molecular weight excluding hydrogens is 400 g/mol. The Bertz CT molecular complexity index is 926. The topological polar surface area (TPSA) is 81.9 Å². The average molecular weight is 416 g/mol. The van der Waals surface area contributed by atoms with E-state index in [2.05, 4.69) is 0 Å². The van der Waals surface area contributed by atoms with Crippen LogP contribution in [0.25, 0.3) is 6.08 Å². The molecule has 0 aliphatic carbocycles. The van der Waals surface area contributed by atoms with Crippen molar-refractivity contribution in [2.45, 2.75) is 0 Å². The number of benzene rings is 2. The first-order chi connectivity index (χ1) is 13.4. The molecule has 0 unspecified atom stereocenters. The van der Waals surface area contributed by atoms with Gasteiger partial charge in [0.15, 0.2) is 0 Å². The summed E-state index contributed by atoms with van der Waals surface area (Å²) < 4.78 is 11.7. The van der Waals surface area contributed by atoms with Crippen molar-refractivity contribution >= 4 is 46.0 Å². The van der Waals surface area contributed by atoms with E-state index in [-0.39, 0.29) is 11.6 Å². The van der Waals surface area contributed by atoms with Crippen molar-refractivity contribution in [3.8, 4) is 11.5 Å². The molecule has 0 atom stereocenters. The molecule has 0 aromatic heterocycles. The Kier molecular flexibility index (Phi) is 6.27. The Morgan fingerprint density at radius 3 is 2.07 bits per heavy atom. The minimum atomic E-state index is -0.458. The molecule has 0 saturated carbocycles. The fraction of sp³-hybridized carbons (Fsp3) is 0.158. The largest absolute Gasteiger partial charge is 0.490 e. The molecule has 7 nitrogen and oxygen atoms in total. The van der Waals surface area contributed by atoms with E-state index in [0.29, 0.717) is 33.9 Å². The van der Waals surface area contributed by atoms with Gasteiger partial charge in [0.05, 0.1) is 9.83 Å². The third kappa shape index (κ3) is 4.87. The van der Waals surface area contributed by atoms with Crippen LogP contribution in [0.2, 0.25) is 0 Å². The lowest BCUT2D eigenvalue weighted by molar-refractivity contribution is -0.384. The summed E-state index contributed by atoms with van der Waals surface area (Å²) in [6.07, 6.45) is 1.80. The lowest BCUT2D eigenvalue weighted by Crippen LogP contribution is -2.22. The van der Waals surface area contributed by atoms with Gasteiger partial charge in [-0.15, -0.1) is 0 Å². The smallest absolute Gasteiger partial charge is 0.269 e. The van der Waals surface area contributed by atoms with Gasteiger partial charge in [0.25, 0.3) is 11.6 Å². The van der Waals surface area contributed by atoms with Crippen LogP contribution in [0.15, 0.2) is 53.4 Å². The molecule has 0 bridgehead atoms. The summed E-state index contributed by atoms with van der Waals surface area (Å²) in [5.41, 5.74) is 0.897. The zero-order chi connectivity index (χ0) is 20.1. The summed E-state index contributed by atoms with van der Waals surface area (Å²) in [5, 5.41) is 10.6. The van der Waals surface area contributed by atoms with Crippen molar-refractivity contribution in [3.63, 3.8) is 0 Å². The Hall–Kier alpha value is -2.91. The number of ether oxygens (including phenoxy) is 2. The highest BCUT2D eigenvalue weighted by Gasteiger charge is 2.28. The molecule has 9 heteroatoms. The molecule has 2 aromatic carbocycles. The first-order valence-electron chi connectivity index (χ1n) is 8.26. The second-order valence-corrected chi connectivity index (χ2v) is 7.43. The predicted octanol–water partition coefficient (Wildman–Crippen LogP) is 3.88. The number of hydrogen-bond donors (Lipinski definition) is 0. The number of thioether (sulfide) groups is 1. The van der Waals surface area contributed by atoms with Crippen molar-refractivity contribution < 1.29 is 19.2 Å². The lowest BCUT2D eigenvalue weighted by Gasteiger charge is -2.08. The monoisotopic (exact) mass is 416 g/mol. The summed E-state index contributed by atoms with van der Waals surface area (Å²) in [4.78, 5) is 24.2. The number of thiocarbonyl (C=S) groups is 1. The zero-order valence-electron chi connectivity index (χ0n) is 14.9. The summed E-state index contributed by atoms with van der Waals surface area (Å²) in [6, 6.07) is 13.2. The maximum atomic E-state index is 12.0. The molecule has 0 radical (unpaired) electrons. The van der Waals surface area contributed by atoms with Crippen LogP contribution in [0.1, 0.15) is 5.56 Å². The van der Waals surface area contributed by atoms with Crippen LogP contribution in [0.4, 0.5) is 5.69 Å². The van der Waals surface area contributed by atoms with Gasteiger partial charge in [-0.25, -0.2) is 0 Å². The van der Waals surface area contributed by atoms with Crippen LogP contribution in [0.3, 0.4) is 0 Å². The van der Waals surface area contributed by atoms with Gasteiger partial charge in [0, 0.05) is 19.2 Å². The van der Waals surface area contributed by atoms with Crippen LogP contribution < -0.4 is 9.47 Å². The number of likely N-dealkylation sites (N-methyl/N-ethyl adjacent to an activating group) is 1. The summed E-state index contributed by atoms with van der Waals surface area (Å²) in [6.45, 7) is 0.628.